The van der Waals surface area contributed by atoms with Gasteiger partial charge in [-0.15, -0.1) is 0 Å². The summed E-state index contributed by atoms with van der Waals surface area (Å²) in [5.41, 5.74) is -0.0130. The lowest BCUT2D eigenvalue weighted by Crippen LogP contribution is -2.35. The smallest absolute Gasteiger partial charge is 0.326 e. The first-order valence-corrected chi connectivity index (χ1v) is 9.84. The summed E-state index contributed by atoms with van der Waals surface area (Å²) in [6.45, 7) is 2.83. The lowest BCUT2D eigenvalue weighted by atomic mass is 10.1. The van der Waals surface area contributed by atoms with Crippen LogP contribution in [-0.2, 0) is 14.3 Å². The number of nitro benzene ring substituents is 1. The molecule has 0 bridgehead atoms. The Bertz CT molecular complexity index is 1080. The molecule has 0 saturated carbocycles. The van der Waals surface area contributed by atoms with E-state index in [9.17, 15) is 24.5 Å². The van der Waals surface area contributed by atoms with E-state index in [0.29, 0.717) is 11.8 Å². The molecule has 3 rings (SSSR count). The van der Waals surface area contributed by atoms with Gasteiger partial charge in [0, 0.05) is 17.2 Å². The van der Waals surface area contributed by atoms with Gasteiger partial charge in [0.1, 0.15) is 18.1 Å². The van der Waals surface area contributed by atoms with Crippen LogP contribution in [-0.4, -0.2) is 39.6 Å². The Hall–Kier alpha value is -3.11. The molecule has 9 nitrogen and oxygen atoms in total. The maximum absolute atomic E-state index is 12.5. The van der Waals surface area contributed by atoms with Gasteiger partial charge in [0.2, 0.25) is 0 Å². The molecule has 30 heavy (non-hydrogen) atoms. The van der Waals surface area contributed by atoms with Crippen molar-refractivity contribution >= 4 is 52.2 Å². The number of esters is 1. The molecule has 1 saturated heterocycles. The first-order chi connectivity index (χ1) is 14.2. The predicted molar refractivity (Wildman–Crippen MR) is 110 cm³/mol. The van der Waals surface area contributed by atoms with Crippen LogP contribution in [0.2, 0.25) is 5.02 Å². The molecule has 0 radical (unpaired) electrons. The minimum absolute atomic E-state index is 0.0591. The molecule has 0 N–H and O–H groups in total. The number of imide groups is 1. The number of nitrogens with zero attached hydrogens (tertiary/aromatic N) is 2. The van der Waals surface area contributed by atoms with Crippen molar-refractivity contribution < 1.29 is 28.5 Å². The van der Waals surface area contributed by atoms with Gasteiger partial charge in [0.15, 0.2) is 0 Å². The van der Waals surface area contributed by atoms with Crippen molar-refractivity contribution in [2.24, 2.45) is 0 Å². The van der Waals surface area contributed by atoms with Gasteiger partial charge in [-0.3, -0.25) is 29.4 Å². The summed E-state index contributed by atoms with van der Waals surface area (Å²) < 4.78 is 10.6. The molecule has 11 heteroatoms. The minimum Gasteiger partial charge on any atom is -0.462 e. The number of benzene rings is 1. The molecule has 2 amide bonds. The predicted octanol–water partition coefficient (Wildman–Crippen LogP) is 4.50. The monoisotopic (exact) mass is 450 g/mol. The van der Waals surface area contributed by atoms with E-state index in [1.54, 1.807) is 13.8 Å². The van der Waals surface area contributed by atoms with Crippen molar-refractivity contribution in [2.75, 3.05) is 6.54 Å². The average Bonchev–Trinajstić information content (AvgIpc) is 3.21. The van der Waals surface area contributed by atoms with E-state index in [0.717, 1.165) is 4.90 Å². The van der Waals surface area contributed by atoms with Crippen LogP contribution >= 0.6 is 23.4 Å². The Balaban J connectivity index is 1.82. The molecule has 2 heterocycles. The number of amides is 2. The van der Waals surface area contributed by atoms with Crippen LogP contribution in [0.1, 0.15) is 19.6 Å². The van der Waals surface area contributed by atoms with E-state index in [1.807, 2.05) is 0 Å². The number of thioether (sulfide) groups is 1. The fraction of sp³-hybridized carbons (Fsp3) is 0.211. The molecule has 2 aromatic rings. The van der Waals surface area contributed by atoms with Gasteiger partial charge in [0.25, 0.3) is 16.8 Å². The van der Waals surface area contributed by atoms with Gasteiger partial charge in [0.05, 0.1) is 21.5 Å². The van der Waals surface area contributed by atoms with E-state index in [-0.39, 0.29) is 38.8 Å². The van der Waals surface area contributed by atoms with Gasteiger partial charge in [-0.25, -0.2) is 0 Å². The average molecular weight is 451 g/mol. The van der Waals surface area contributed by atoms with Crippen LogP contribution < -0.4 is 0 Å². The summed E-state index contributed by atoms with van der Waals surface area (Å²) in [6.07, 6.45) is 0.968. The fourth-order valence-electron chi connectivity index (χ4n) is 2.63. The minimum atomic E-state index is -0.691. The summed E-state index contributed by atoms with van der Waals surface area (Å²) in [5.74, 6) is -0.932. The summed E-state index contributed by atoms with van der Waals surface area (Å²) in [5, 5.41) is 10.9. The SMILES string of the molecule is CC(C)OC(=O)CN1C(=O)S/C(=C\c2ccc(-c3ccc(Cl)cc3[N+](=O)[O-])o2)C1=O. The number of ether oxygens (including phenoxy) is 1. The van der Waals surface area contributed by atoms with Crippen LogP contribution in [0.4, 0.5) is 10.5 Å². The molecule has 0 atom stereocenters. The molecule has 0 unspecified atom stereocenters. The normalized spacial score (nSPS) is 15.3. The maximum Gasteiger partial charge on any atom is 0.326 e. The summed E-state index contributed by atoms with van der Waals surface area (Å²) in [4.78, 5) is 47.8. The first kappa shape index (κ1) is 21.6. The molecule has 1 aromatic carbocycles. The third-order valence-electron chi connectivity index (χ3n) is 3.85. The van der Waals surface area contributed by atoms with Gasteiger partial charge in [-0.05, 0) is 49.9 Å². The van der Waals surface area contributed by atoms with Gasteiger partial charge in [-0.1, -0.05) is 11.6 Å². The highest BCUT2D eigenvalue weighted by Crippen LogP contribution is 2.36. The quantitative estimate of drug-likeness (QED) is 0.273. The Morgan fingerprint density at radius 3 is 2.73 bits per heavy atom. The molecule has 1 fully saturated rings. The number of hydrogen-bond donors (Lipinski definition) is 0. The molecule has 1 aliphatic heterocycles. The number of nitro groups is 1. The molecular weight excluding hydrogens is 436 g/mol. The Kier molecular flexibility index (Phi) is 6.28. The summed E-state index contributed by atoms with van der Waals surface area (Å²) in [7, 11) is 0. The molecule has 1 aromatic heterocycles. The Labute approximate surface area is 179 Å². The zero-order valence-electron chi connectivity index (χ0n) is 15.8. The number of halogens is 1. The summed E-state index contributed by atoms with van der Waals surface area (Å²) in [6, 6.07) is 7.17. The van der Waals surface area contributed by atoms with Crippen LogP contribution in [0.25, 0.3) is 17.4 Å². The lowest BCUT2D eigenvalue weighted by molar-refractivity contribution is -0.384. The first-order valence-electron chi connectivity index (χ1n) is 8.64. The van der Waals surface area contributed by atoms with Crippen molar-refractivity contribution in [3.8, 4) is 11.3 Å². The third kappa shape index (κ3) is 4.71. The fourth-order valence-corrected chi connectivity index (χ4v) is 3.62. The zero-order chi connectivity index (χ0) is 22.0. The maximum atomic E-state index is 12.5. The van der Waals surface area contributed by atoms with E-state index >= 15 is 0 Å². The second kappa shape index (κ2) is 8.72. The van der Waals surface area contributed by atoms with E-state index in [2.05, 4.69) is 0 Å². The number of hydrogen-bond acceptors (Lipinski definition) is 8. The molecular formula is C19H15ClN2O7S. The Morgan fingerprint density at radius 2 is 2.07 bits per heavy atom. The highest BCUT2D eigenvalue weighted by Gasteiger charge is 2.37. The summed E-state index contributed by atoms with van der Waals surface area (Å²) >= 11 is 6.48. The Morgan fingerprint density at radius 1 is 1.33 bits per heavy atom. The van der Waals surface area contributed by atoms with Crippen molar-refractivity contribution in [2.45, 2.75) is 20.0 Å². The van der Waals surface area contributed by atoms with Gasteiger partial charge in [-0.2, -0.15) is 0 Å². The van der Waals surface area contributed by atoms with Gasteiger partial charge >= 0.3 is 5.97 Å². The molecule has 156 valence electrons. The largest absolute Gasteiger partial charge is 0.462 e. The van der Waals surface area contributed by atoms with E-state index in [1.165, 1.54) is 36.4 Å². The molecule has 0 aliphatic carbocycles. The topological polar surface area (TPSA) is 120 Å². The van der Waals surface area contributed by atoms with Crippen LogP contribution in [0.15, 0.2) is 39.7 Å². The van der Waals surface area contributed by atoms with E-state index < -0.39 is 28.6 Å². The number of rotatable bonds is 6. The van der Waals surface area contributed by atoms with E-state index in [4.69, 9.17) is 20.8 Å². The van der Waals surface area contributed by atoms with Crippen LogP contribution in [0.5, 0.6) is 0 Å². The van der Waals surface area contributed by atoms with Crippen molar-refractivity contribution in [1.82, 2.24) is 4.90 Å². The highest BCUT2D eigenvalue weighted by molar-refractivity contribution is 8.18. The van der Waals surface area contributed by atoms with Gasteiger partial charge < -0.3 is 9.15 Å². The van der Waals surface area contributed by atoms with Crippen molar-refractivity contribution in [3.63, 3.8) is 0 Å². The van der Waals surface area contributed by atoms with Crippen molar-refractivity contribution in [1.29, 1.82) is 0 Å². The second-order valence-electron chi connectivity index (χ2n) is 6.43. The molecule has 1 aliphatic rings. The van der Waals surface area contributed by atoms with Crippen LogP contribution in [0.3, 0.4) is 0 Å². The number of carbonyl (C=O) groups excluding carboxylic acids is 3. The highest BCUT2D eigenvalue weighted by atomic mass is 35.5. The van der Waals surface area contributed by atoms with Crippen LogP contribution in [0, 0.1) is 10.1 Å². The molecule has 0 spiro atoms. The standard InChI is InChI=1S/C19H15ClN2O7S/c1-10(2)28-17(23)9-21-18(24)16(30-19(21)25)8-12-4-6-15(29-12)13-5-3-11(20)7-14(13)22(26)27/h3-8,10H,9H2,1-2H3/b16-8-. The second-order valence-corrected chi connectivity index (χ2v) is 7.86. The number of carbonyl (C=O) groups is 3. The lowest BCUT2D eigenvalue weighted by Gasteiger charge is -2.13. The number of furan rings is 1. The van der Waals surface area contributed by atoms with Crippen molar-refractivity contribution in [3.05, 3.63) is 56.1 Å². The third-order valence-corrected chi connectivity index (χ3v) is 4.99. The zero-order valence-corrected chi connectivity index (χ0v) is 17.4.